The minimum atomic E-state index is -1.13. The predicted molar refractivity (Wildman–Crippen MR) is 54.4 cm³/mol. The molecule has 2 N–H and O–H groups in total. The highest BCUT2D eigenvalue weighted by Crippen LogP contribution is 2.30. The van der Waals surface area contributed by atoms with Crippen molar-refractivity contribution in [1.29, 1.82) is 0 Å². The smallest absolute Gasteiger partial charge is 0.120 e. The Morgan fingerprint density at radius 2 is 1.77 bits per heavy atom. The first-order valence-corrected chi connectivity index (χ1v) is 5.53. The Balaban J connectivity index is 2.33. The molecule has 0 spiro atoms. The maximum absolute atomic E-state index is 13.6. The largest absolute Gasteiger partial charge is 0.328 e. The summed E-state index contributed by atoms with van der Waals surface area (Å²) in [5, 5.41) is 0. The summed E-state index contributed by atoms with van der Waals surface area (Å²) in [4.78, 5) is 0. The molecule has 0 saturated heterocycles. The lowest BCUT2D eigenvalue weighted by Crippen LogP contribution is -2.31. The van der Waals surface area contributed by atoms with E-state index in [9.17, 15) is 4.39 Å². The lowest BCUT2D eigenvalue weighted by Gasteiger charge is -2.24. The molecule has 0 bridgehead atoms. The molecule has 1 atom stereocenters. The van der Waals surface area contributed by atoms with Gasteiger partial charge in [0.25, 0.3) is 0 Å². The number of hydrogen-bond acceptors (Lipinski definition) is 1. The average Bonchev–Trinajstić information content (AvgIpc) is 2.32. The molecule has 2 heteroatoms. The number of halogens is 1. The zero-order chi connectivity index (χ0) is 9.73. The van der Waals surface area contributed by atoms with E-state index < -0.39 is 5.67 Å². The lowest BCUT2D eigenvalue weighted by atomic mass is 9.88. The predicted octanol–water partition coefficient (Wildman–Crippen LogP) is 3.03. The van der Waals surface area contributed by atoms with Gasteiger partial charge in [-0.15, -0.1) is 0 Å². The Hall–Kier alpha value is -0.110. The van der Waals surface area contributed by atoms with Crippen LogP contribution in [0.2, 0.25) is 0 Å². The van der Waals surface area contributed by atoms with Crippen LogP contribution < -0.4 is 5.73 Å². The van der Waals surface area contributed by atoms with Crippen molar-refractivity contribution in [3.05, 3.63) is 0 Å². The molecular formula is C11H22FN. The summed E-state index contributed by atoms with van der Waals surface area (Å²) in [7, 11) is 0. The summed E-state index contributed by atoms with van der Waals surface area (Å²) in [6.07, 6.45) is 8.32. The molecular weight excluding hydrogens is 165 g/mol. The second kappa shape index (κ2) is 4.94. The average molecular weight is 187 g/mol. The Labute approximate surface area is 80.9 Å². The van der Waals surface area contributed by atoms with E-state index in [1.165, 1.54) is 38.5 Å². The first kappa shape index (κ1) is 11.0. The second-order valence-corrected chi connectivity index (χ2v) is 4.68. The van der Waals surface area contributed by atoms with Crippen LogP contribution in [-0.4, -0.2) is 12.2 Å². The lowest BCUT2D eigenvalue weighted by molar-refractivity contribution is 0.148. The Morgan fingerprint density at radius 3 is 2.23 bits per heavy atom. The highest BCUT2D eigenvalue weighted by Gasteiger charge is 2.26. The van der Waals surface area contributed by atoms with Gasteiger partial charge in [-0.1, -0.05) is 38.5 Å². The van der Waals surface area contributed by atoms with Crippen LogP contribution in [0.1, 0.15) is 51.9 Å². The van der Waals surface area contributed by atoms with Gasteiger partial charge < -0.3 is 5.73 Å². The molecule has 1 nitrogen and oxygen atoms in total. The van der Waals surface area contributed by atoms with Gasteiger partial charge in [0.1, 0.15) is 5.67 Å². The molecule has 0 aliphatic heterocycles. The van der Waals surface area contributed by atoms with E-state index in [0.29, 0.717) is 12.3 Å². The Morgan fingerprint density at radius 1 is 1.23 bits per heavy atom. The van der Waals surface area contributed by atoms with Crippen molar-refractivity contribution in [1.82, 2.24) is 0 Å². The molecule has 1 unspecified atom stereocenters. The standard InChI is InChI=1S/C11H22FN/c1-11(12,9-13)8-10-6-4-2-3-5-7-10/h10H,2-9,13H2,1H3. The summed E-state index contributed by atoms with van der Waals surface area (Å²) in [6, 6.07) is 0. The number of nitrogens with two attached hydrogens (primary N) is 1. The number of rotatable bonds is 3. The number of alkyl halides is 1. The third kappa shape index (κ3) is 4.08. The molecule has 0 radical (unpaired) electrons. The van der Waals surface area contributed by atoms with E-state index in [-0.39, 0.29) is 6.54 Å². The van der Waals surface area contributed by atoms with E-state index in [4.69, 9.17) is 5.73 Å². The zero-order valence-corrected chi connectivity index (χ0v) is 8.69. The van der Waals surface area contributed by atoms with Crippen molar-refractivity contribution in [3.8, 4) is 0 Å². The summed E-state index contributed by atoms with van der Waals surface area (Å²) < 4.78 is 13.6. The monoisotopic (exact) mass is 187 g/mol. The van der Waals surface area contributed by atoms with Crippen molar-refractivity contribution in [2.75, 3.05) is 6.54 Å². The third-order valence-corrected chi connectivity index (χ3v) is 3.11. The van der Waals surface area contributed by atoms with Gasteiger partial charge in [-0.05, 0) is 19.3 Å². The molecule has 0 aromatic heterocycles. The summed E-state index contributed by atoms with van der Waals surface area (Å²) in [5.41, 5.74) is 4.26. The second-order valence-electron chi connectivity index (χ2n) is 4.68. The van der Waals surface area contributed by atoms with E-state index >= 15 is 0 Å². The molecule has 1 fully saturated rings. The summed E-state index contributed by atoms with van der Waals surface area (Å²) >= 11 is 0. The van der Waals surface area contributed by atoms with Crippen LogP contribution in [0.5, 0.6) is 0 Å². The van der Waals surface area contributed by atoms with Crippen molar-refractivity contribution in [2.24, 2.45) is 11.7 Å². The molecule has 78 valence electrons. The van der Waals surface area contributed by atoms with Crippen molar-refractivity contribution in [3.63, 3.8) is 0 Å². The molecule has 0 amide bonds. The van der Waals surface area contributed by atoms with E-state index in [0.717, 1.165) is 0 Å². The topological polar surface area (TPSA) is 26.0 Å². The SMILES string of the molecule is CC(F)(CN)CC1CCCCCC1. The van der Waals surface area contributed by atoms with Crippen LogP contribution in [-0.2, 0) is 0 Å². The fourth-order valence-corrected chi connectivity index (χ4v) is 2.25. The summed E-state index contributed by atoms with van der Waals surface area (Å²) in [6.45, 7) is 1.81. The van der Waals surface area contributed by atoms with Crippen LogP contribution in [0, 0.1) is 5.92 Å². The molecule has 1 saturated carbocycles. The Bertz CT molecular complexity index is 137. The van der Waals surface area contributed by atoms with Crippen LogP contribution in [0.25, 0.3) is 0 Å². The van der Waals surface area contributed by atoms with Gasteiger partial charge in [0, 0.05) is 6.54 Å². The quantitative estimate of drug-likeness (QED) is 0.675. The fourth-order valence-electron chi connectivity index (χ4n) is 2.25. The highest BCUT2D eigenvalue weighted by molar-refractivity contribution is 4.79. The molecule has 13 heavy (non-hydrogen) atoms. The molecule has 1 aliphatic carbocycles. The molecule has 0 heterocycles. The van der Waals surface area contributed by atoms with Gasteiger partial charge in [0.05, 0.1) is 0 Å². The third-order valence-electron chi connectivity index (χ3n) is 3.11. The van der Waals surface area contributed by atoms with Crippen LogP contribution in [0.3, 0.4) is 0 Å². The van der Waals surface area contributed by atoms with E-state index in [1.807, 2.05) is 0 Å². The minimum Gasteiger partial charge on any atom is -0.328 e. The van der Waals surface area contributed by atoms with Crippen LogP contribution >= 0.6 is 0 Å². The molecule has 0 aromatic carbocycles. The maximum Gasteiger partial charge on any atom is 0.120 e. The van der Waals surface area contributed by atoms with E-state index in [2.05, 4.69) is 0 Å². The first-order chi connectivity index (χ1) is 6.14. The van der Waals surface area contributed by atoms with Gasteiger partial charge in [0.2, 0.25) is 0 Å². The summed E-state index contributed by atoms with van der Waals surface area (Å²) in [5.74, 6) is 0.584. The Kier molecular flexibility index (Phi) is 4.17. The first-order valence-electron chi connectivity index (χ1n) is 5.53. The zero-order valence-electron chi connectivity index (χ0n) is 8.69. The van der Waals surface area contributed by atoms with Crippen molar-refractivity contribution < 1.29 is 4.39 Å². The van der Waals surface area contributed by atoms with Gasteiger partial charge in [-0.3, -0.25) is 0 Å². The van der Waals surface area contributed by atoms with Crippen molar-refractivity contribution >= 4 is 0 Å². The van der Waals surface area contributed by atoms with Crippen LogP contribution in [0.15, 0.2) is 0 Å². The van der Waals surface area contributed by atoms with Crippen molar-refractivity contribution in [2.45, 2.75) is 57.5 Å². The molecule has 1 rings (SSSR count). The minimum absolute atomic E-state index is 0.170. The normalized spacial score (nSPS) is 25.2. The fraction of sp³-hybridized carbons (Fsp3) is 1.00. The van der Waals surface area contributed by atoms with Gasteiger partial charge in [0.15, 0.2) is 0 Å². The molecule has 1 aliphatic rings. The maximum atomic E-state index is 13.6. The van der Waals surface area contributed by atoms with Crippen LogP contribution in [0.4, 0.5) is 4.39 Å². The highest BCUT2D eigenvalue weighted by atomic mass is 19.1. The number of hydrogen-bond donors (Lipinski definition) is 1. The molecule has 0 aromatic rings. The van der Waals surface area contributed by atoms with Gasteiger partial charge in [-0.2, -0.15) is 0 Å². The van der Waals surface area contributed by atoms with E-state index in [1.54, 1.807) is 6.92 Å². The van der Waals surface area contributed by atoms with Gasteiger partial charge >= 0.3 is 0 Å². The van der Waals surface area contributed by atoms with Gasteiger partial charge in [-0.25, -0.2) is 4.39 Å².